The fraction of sp³-hybridized carbons (Fsp3) is 0.125. The second kappa shape index (κ2) is 8.27. The van der Waals surface area contributed by atoms with Crippen LogP contribution in [0, 0.1) is 10.1 Å². The van der Waals surface area contributed by atoms with Gasteiger partial charge in [0.05, 0.1) is 29.5 Å². The van der Waals surface area contributed by atoms with Crippen LogP contribution < -0.4 is 10.1 Å². The summed E-state index contributed by atoms with van der Waals surface area (Å²) in [5, 5.41) is 21.5. The molecular formula is C16H13N5O5S. The number of methoxy groups -OCH3 is 1. The fourth-order valence-corrected chi connectivity index (χ4v) is 2.65. The van der Waals surface area contributed by atoms with Gasteiger partial charge in [-0.25, -0.2) is 0 Å². The van der Waals surface area contributed by atoms with E-state index in [4.69, 9.17) is 9.15 Å². The Labute approximate surface area is 157 Å². The summed E-state index contributed by atoms with van der Waals surface area (Å²) in [6.45, 7) is 0. The van der Waals surface area contributed by atoms with E-state index in [1.54, 1.807) is 24.5 Å². The number of nitrogens with one attached hydrogen (secondary N) is 1. The number of nitro groups is 1. The maximum absolute atomic E-state index is 12.1. The van der Waals surface area contributed by atoms with Gasteiger partial charge in [0, 0.05) is 24.0 Å². The highest BCUT2D eigenvalue weighted by Crippen LogP contribution is 2.29. The minimum absolute atomic E-state index is 0.0120. The van der Waals surface area contributed by atoms with Crippen molar-refractivity contribution < 1.29 is 18.9 Å². The summed E-state index contributed by atoms with van der Waals surface area (Å²) in [6.07, 6.45) is 3.22. The maximum atomic E-state index is 12.1. The molecule has 10 nitrogen and oxygen atoms in total. The van der Waals surface area contributed by atoms with Crippen molar-refractivity contribution in [3.8, 4) is 17.2 Å². The van der Waals surface area contributed by atoms with Crippen LogP contribution in [0.4, 0.5) is 11.4 Å². The van der Waals surface area contributed by atoms with Gasteiger partial charge in [0.15, 0.2) is 0 Å². The third kappa shape index (κ3) is 4.58. The monoisotopic (exact) mass is 387 g/mol. The molecule has 0 spiro atoms. The van der Waals surface area contributed by atoms with Gasteiger partial charge >= 0.3 is 0 Å². The number of nitro benzene ring substituents is 1. The SMILES string of the molecule is COc1cc([N+](=O)[O-])ccc1NC(=O)CSc1nnc(-c2ccncc2)o1. The first-order chi connectivity index (χ1) is 13.1. The van der Waals surface area contributed by atoms with Gasteiger partial charge in [0.1, 0.15) is 5.75 Å². The van der Waals surface area contributed by atoms with E-state index in [1.807, 2.05) is 0 Å². The predicted molar refractivity (Wildman–Crippen MR) is 96.5 cm³/mol. The summed E-state index contributed by atoms with van der Waals surface area (Å²) in [5.74, 6) is 0.187. The number of hydrogen-bond acceptors (Lipinski definition) is 9. The molecule has 1 aromatic carbocycles. The lowest BCUT2D eigenvalue weighted by atomic mass is 10.2. The number of amides is 1. The molecule has 0 aliphatic heterocycles. The summed E-state index contributed by atoms with van der Waals surface area (Å²) in [4.78, 5) is 26.3. The van der Waals surface area contributed by atoms with Crippen LogP contribution in [0.1, 0.15) is 0 Å². The Hall–Kier alpha value is -3.47. The summed E-state index contributed by atoms with van der Waals surface area (Å²) in [7, 11) is 1.36. The van der Waals surface area contributed by atoms with Gasteiger partial charge in [-0.15, -0.1) is 10.2 Å². The van der Waals surface area contributed by atoms with Crippen molar-refractivity contribution in [3.63, 3.8) is 0 Å². The lowest BCUT2D eigenvalue weighted by Crippen LogP contribution is -2.14. The van der Waals surface area contributed by atoms with Gasteiger partial charge in [-0.2, -0.15) is 0 Å². The zero-order valence-electron chi connectivity index (χ0n) is 14.0. The van der Waals surface area contributed by atoms with E-state index < -0.39 is 4.92 Å². The number of benzene rings is 1. The molecule has 0 bridgehead atoms. The maximum Gasteiger partial charge on any atom is 0.277 e. The lowest BCUT2D eigenvalue weighted by molar-refractivity contribution is -0.384. The molecule has 1 amide bonds. The van der Waals surface area contributed by atoms with Crippen LogP contribution in [0.15, 0.2) is 52.4 Å². The number of carbonyl (C=O) groups is 1. The van der Waals surface area contributed by atoms with Crippen LogP contribution in [0.5, 0.6) is 5.75 Å². The van der Waals surface area contributed by atoms with E-state index in [9.17, 15) is 14.9 Å². The highest BCUT2D eigenvalue weighted by Gasteiger charge is 2.15. The molecule has 11 heteroatoms. The smallest absolute Gasteiger partial charge is 0.277 e. The van der Waals surface area contributed by atoms with Crippen LogP contribution in [0.2, 0.25) is 0 Å². The van der Waals surface area contributed by atoms with Crippen molar-refractivity contribution in [2.75, 3.05) is 18.2 Å². The van der Waals surface area contributed by atoms with Gasteiger partial charge in [-0.05, 0) is 18.2 Å². The van der Waals surface area contributed by atoms with Crippen molar-refractivity contribution in [3.05, 3.63) is 52.8 Å². The zero-order chi connectivity index (χ0) is 19.2. The molecule has 3 aromatic rings. The second-order valence-electron chi connectivity index (χ2n) is 5.09. The van der Waals surface area contributed by atoms with Crippen LogP contribution in [0.3, 0.4) is 0 Å². The van der Waals surface area contributed by atoms with Gasteiger partial charge in [-0.1, -0.05) is 11.8 Å². The number of nitrogens with zero attached hydrogens (tertiary/aromatic N) is 4. The number of thioether (sulfide) groups is 1. The minimum atomic E-state index is -0.542. The van der Waals surface area contributed by atoms with Crippen LogP contribution >= 0.6 is 11.8 Å². The summed E-state index contributed by atoms with van der Waals surface area (Å²) < 4.78 is 10.6. The fourth-order valence-electron chi connectivity index (χ4n) is 2.09. The van der Waals surface area contributed by atoms with Crippen molar-refractivity contribution in [2.24, 2.45) is 0 Å². The van der Waals surface area contributed by atoms with Crippen molar-refractivity contribution >= 4 is 29.0 Å². The third-order valence-electron chi connectivity index (χ3n) is 3.33. The van der Waals surface area contributed by atoms with E-state index in [0.717, 1.165) is 17.3 Å². The van der Waals surface area contributed by atoms with Crippen molar-refractivity contribution in [1.29, 1.82) is 0 Å². The Bertz CT molecular complexity index is 963. The number of pyridine rings is 1. The number of anilines is 1. The summed E-state index contributed by atoms with van der Waals surface area (Å²) in [5.41, 5.74) is 0.926. The molecule has 0 aliphatic carbocycles. The molecule has 2 aromatic heterocycles. The average Bonchev–Trinajstić information content (AvgIpc) is 3.16. The first-order valence-corrected chi connectivity index (χ1v) is 8.54. The van der Waals surface area contributed by atoms with Crippen molar-refractivity contribution in [2.45, 2.75) is 5.22 Å². The van der Waals surface area contributed by atoms with Gasteiger partial charge < -0.3 is 14.5 Å². The average molecular weight is 387 g/mol. The highest BCUT2D eigenvalue weighted by molar-refractivity contribution is 7.99. The third-order valence-corrected chi connectivity index (χ3v) is 4.15. The second-order valence-corrected chi connectivity index (χ2v) is 6.01. The molecule has 1 N–H and O–H groups in total. The standard InChI is InChI=1S/C16H13N5O5S/c1-25-13-8-11(21(23)24)2-3-12(13)18-14(22)9-27-16-20-19-15(26-16)10-4-6-17-7-5-10/h2-8H,9H2,1H3,(H,18,22). The number of carbonyl (C=O) groups excluding carboxylic acids is 1. The molecule has 0 unspecified atom stereocenters. The van der Waals surface area contributed by atoms with Gasteiger partial charge in [0.2, 0.25) is 11.8 Å². The molecule has 0 radical (unpaired) electrons. The zero-order valence-corrected chi connectivity index (χ0v) is 14.8. The number of aromatic nitrogens is 3. The predicted octanol–water partition coefficient (Wildman–Crippen LogP) is 2.78. The minimum Gasteiger partial charge on any atom is -0.494 e. The van der Waals surface area contributed by atoms with E-state index >= 15 is 0 Å². The molecular weight excluding hydrogens is 374 g/mol. The van der Waals surface area contributed by atoms with E-state index in [-0.39, 0.29) is 28.3 Å². The molecule has 0 atom stereocenters. The lowest BCUT2D eigenvalue weighted by Gasteiger charge is -2.09. The normalized spacial score (nSPS) is 10.4. The first kappa shape index (κ1) is 18.3. The Kier molecular flexibility index (Phi) is 5.61. The Morgan fingerprint density at radius 2 is 2.07 bits per heavy atom. The molecule has 27 heavy (non-hydrogen) atoms. The van der Waals surface area contributed by atoms with E-state index in [1.165, 1.54) is 25.3 Å². The number of ether oxygens (including phenoxy) is 1. The van der Waals surface area contributed by atoms with Gasteiger partial charge in [-0.3, -0.25) is 19.9 Å². The Morgan fingerprint density at radius 1 is 1.30 bits per heavy atom. The van der Waals surface area contributed by atoms with Crippen LogP contribution in [0.25, 0.3) is 11.5 Å². The molecule has 3 rings (SSSR count). The molecule has 138 valence electrons. The first-order valence-electron chi connectivity index (χ1n) is 7.56. The molecule has 2 heterocycles. The number of hydrogen-bond donors (Lipinski definition) is 1. The topological polar surface area (TPSA) is 133 Å². The van der Waals surface area contributed by atoms with E-state index in [2.05, 4.69) is 20.5 Å². The molecule has 0 fully saturated rings. The summed E-state index contributed by atoms with van der Waals surface area (Å²) in [6, 6.07) is 7.39. The largest absolute Gasteiger partial charge is 0.494 e. The van der Waals surface area contributed by atoms with Crippen LogP contribution in [-0.2, 0) is 4.79 Å². The van der Waals surface area contributed by atoms with Crippen molar-refractivity contribution in [1.82, 2.24) is 15.2 Å². The highest BCUT2D eigenvalue weighted by atomic mass is 32.2. The molecule has 0 saturated heterocycles. The van der Waals surface area contributed by atoms with Gasteiger partial charge in [0.25, 0.3) is 10.9 Å². The van der Waals surface area contributed by atoms with E-state index in [0.29, 0.717) is 11.6 Å². The number of rotatable bonds is 7. The number of non-ortho nitro benzene ring substituents is 1. The Morgan fingerprint density at radius 3 is 2.78 bits per heavy atom. The molecule has 0 saturated carbocycles. The van der Waals surface area contributed by atoms with Crippen LogP contribution in [-0.4, -0.2) is 38.9 Å². The summed E-state index contributed by atoms with van der Waals surface area (Å²) >= 11 is 1.07. The Balaban J connectivity index is 1.60. The quantitative estimate of drug-likeness (QED) is 0.369. The molecule has 0 aliphatic rings.